The standard InChI is InChI=1S/C19H19ClN4O3/c1-11-5-7-17(27-4)15(9-11)24-12(2)18(22-23-24)19(25)21-14-10-13(20)6-8-16(14)26-3/h5-10H,1-4H3,(H,21,25). The number of benzene rings is 2. The van der Waals surface area contributed by atoms with E-state index in [4.69, 9.17) is 21.1 Å². The molecule has 8 heteroatoms. The van der Waals surface area contributed by atoms with Crippen LogP contribution in [-0.2, 0) is 0 Å². The van der Waals surface area contributed by atoms with Gasteiger partial charge in [0.15, 0.2) is 5.69 Å². The van der Waals surface area contributed by atoms with Gasteiger partial charge in [0.25, 0.3) is 5.91 Å². The molecule has 27 heavy (non-hydrogen) atoms. The van der Waals surface area contributed by atoms with Crippen LogP contribution in [0.5, 0.6) is 11.5 Å². The molecule has 1 amide bonds. The average molecular weight is 387 g/mol. The molecule has 1 N–H and O–H groups in total. The second kappa shape index (κ2) is 7.67. The lowest BCUT2D eigenvalue weighted by molar-refractivity contribution is 0.102. The molecule has 0 radical (unpaired) electrons. The average Bonchev–Trinajstić information content (AvgIpc) is 3.03. The lowest BCUT2D eigenvalue weighted by Crippen LogP contribution is -2.15. The van der Waals surface area contributed by atoms with Crippen molar-refractivity contribution in [3.05, 3.63) is 58.4 Å². The van der Waals surface area contributed by atoms with Crippen molar-refractivity contribution in [2.45, 2.75) is 13.8 Å². The molecule has 7 nitrogen and oxygen atoms in total. The molecule has 0 atom stereocenters. The molecule has 0 saturated heterocycles. The first-order valence-electron chi connectivity index (χ1n) is 8.16. The van der Waals surface area contributed by atoms with Crippen LogP contribution in [0, 0.1) is 13.8 Å². The summed E-state index contributed by atoms with van der Waals surface area (Å²) in [5.74, 6) is 0.723. The van der Waals surface area contributed by atoms with Crippen LogP contribution < -0.4 is 14.8 Å². The van der Waals surface area contributed by atoms with Crippen molar-refractivity contribution in [3.8, 4) is 17.2 Å². The van der Waals surface area contributed by atoms with Crippen LogP contribution in [0.3, 0.4) is 0 Å². The second-order valence-corrected chi connectivity index (χ2v) is 6.35. The van der Waals surface area contributed by atoms with Crippen LogP contribution in [0.1, 0.15) is 21.7 Å². The number of aryl methyl sites for hydroxylation is 1. The SMILES string of the molecule is COc1ccc(Cl)cc1NC(=O)c1nnn(-c2cc(C)ccc2OC)c1C. The third kappa shape index (κ3) is 3.73. The monoisotopic (exact) mass is 386 g/mol. The lowest BCUT2D eigenvalue weighted by atomic mass is 10.2. The Hall–Kier alpha value is -3.06. The first-order valence-corrected chi connectivity index (χ1v) is 8.54. The summed E-state index contributed by atoms with van der Waals surface area (Å²) >= 11 is 6.01. The van der Waals surface area contributed by atoms with Crippen molar-refractivity contribution in [1.29, 1.82) is 0 Å². The Morgan fingerprint density at radius 2 is 1.78 bits per heavy atom. The molecule has 0 saturated carbocycles. The number of rotatable bonds is 5. The van der Waals surface area contributed by atoms with Gasteiger partial charge in [-0.2, -0.15) is 0 Å². The first-order chi connectivity index (χ1) is 12.9. The van der Waals surface area contributed by atoms with Gasteiger partial charge < -0.3 is 14.8 Å². The highest BCUT2D eigenvalue weighted by Gasteiger charge is 2.20. The Labute approximate surface area is 161 Å². The highest BCUT2D eigenvalue weighted by atomic mass is 35.5. The number of hydrogen-bond acceptors (Lipinski definition) is 5. The van der Waals surface area contributed by atoms with Crippen molar-refractivity contribution >= 4 is 23.2 Å². The molecule has 0 fully saturated rings. The summed E-state index contributed by atoms with van der Waals surface area (Å²) in [6.07, 6.45) is 0. The fourth-order valence-electron chi connectivity index (χ4n) is 2.69. The molecular formula is C19H19ClN4O3. The highest BCUT2D eigenvalue weighted by Crippen LogP contribution is 2.29. The molecule has 0 aliphatic rings. The third-order valence-electron chi connectivity index (χ3n) is 4.08. The maximum Gasteiger partial charge on any atom is 0.278 e. The molecule has 1 aromatic heterocycles. The number of anilines is 1. The smallest absolute Gasteiger partial charge is 0.278 e. The van der Waals surface area contributed by atoms with E-state index in [1.807, 2.05) is 25.1 Å². The van der Waals surface area contributed by atoms with Crippen LogP contribution in [-0.4, -0.2) is 35.1 Å². The fourth-order valence-corrected chi connectivity index (χ4v) is 2.86. The Morgan fingerprint density at radius 1 is 1.07 bits per heavy atom. The molecule has 1 heterocycles. The molecule has 0 unspecified atom stereocenters. The number of amides is 1. The van der Waals surface area contributed by atoms with E-state index in [1.54, 1.807) is 36.9 Å². The van der Waals surface area contributed by atoms with Gasteiger partial charge in [-0.05, 0) is 49.7 Å². The van der Waals surface area contributed by atoms with E-state index in [2.05, 4.69) is 15.6 Å². The van der Waals surface area contributed by atoms with E-state index in [1.165, 1.54) is 7.11 Å². The molecule has 3 aromatic rings. The number of hydrogen-bond donors (Lipinski definition) is 1. The van der Waals surface area contributed by atoms with Gasteiger partial charge in [-0.25, -0.2) is 4.68 Å². The second-order valence-electron chi connectivity index (χ2n) is 5.91. The summed E-state index contributed by atoms with van der Waals surface area (Å²) in [4.78, 5) is 12.7. The van der Waals surface area contributed by atoms with Crippen LogP contribution in [0.4, 0.5) is 5.69 Å². The van der Waals surface area contributed by atoms with E-state index >= 15 is 0 Å². The fraction of sp³-hybridized carbons (Fsp3) is 0.211. The molecule has 0 bridgehead atoms. The van der Waals surface area contributed by atoms with Gasteiger partial charge in [-0.1, -0.05) is 22.9 Å². The molecule has 3 rings (SSSR count). The first kappa shape index (κ1) is 18.7. The molecule has 0 spiro atoms. The zero-order valence-electron chi connectivity index (χ0n) is 15.4. The Kier molecular flexibility index (Phi) is 5.32. The number of nitrogens with one attached hydrogen (secondary N) is 1. The summed E-state index contributed by atoms with van der Waals surface area (Å²) in [5.41, 5.74) is 2.98. The van der Waals surface area contributed by atoms with E-state index in [0.717, 1.165) is 5.56 Å². The lowest BCUT2D eigenvalue weighted by Gasteiger charge is -2.11. The maximum absolute atomic E-state index is 12.7. The Bertz CT molecular complexity index is 1000. The van der Waals surface area contributed by atoms with Crippen molar-refractivity contribution in [2.24, 2.45) is 0 Å². The van der Waals surface area contributed by atoms with E-state index in [9.17, 15) is 4.79 Å². The summed E-state index contributed by atoms with van der Waals surface area (Å²) < 4.78 is 12.2. The van der Waals surface area contributed by atoms with Gasteiger partial charge in [0.2, 0.25) is 0 Å². The minimum absolute atomic E-state index is 0.195. The highest BCUT2D eigenvalue weighted by molar-refractivity contribution is 6.31. The maximum atomic E-state index is 12.7. The Balaban J connectivity index is 1.95. The van der Waals surface area contributed by atoms with Crippen LogP contribution >= 0.6 is 11.6 Å². The van der Waals surface area contributed by atoms with Gasteiger partial charge in [-0.3, -0.25) is 4.79 Å². The van der Waals surface area contributed by atoms with E-state index in [-0.39, 0.29) is 5.69 Å². The van der Waals surface area contributed by atoms with Crippen molar-refractivity contribution in [2.75, 3.05) is 19.5 Å². The van der Waals surface area contributed by atoms with E-state index in [0.29, 0.717) is 33.6 Å². The molecule has 140 valence electrons. The third-order valence-corrected chi connectivity index (χ3v) is 4.32. The predicted octanol–water partition coefficient (Wildman–Crippen LogP) is 3.81. The topological polar surface area (TPSA) is 78.3 Å². The van der Waals surface area contributed by atoms with Crippen molar-refractivity contribution < 1.29 is 14.3 Å². The number of methoxy groups -OCH3 is 2. The molecule has 0 aliphatic carbocycles. The zero-order valence-corrected chi connectivity index (χ0v) is 16.2. The van der Waals surface area contributed by atoms with Gasteiger partial charge in [-0.15, -0.1) is 5.10 Å². The number of carbonyl (C=O) groups excluding carboxylic acids is 1. The molecular weight excluding hydrogens is 368 g/mol. The van der Waals surface area contributed by atoms with Gasteiger partial charge in [0.05, 0.1) is 25.6 Å². The van der Waals surface area contributed by atoms with Gasteiger partial charge >= 0.3 is 0 Å². The summed E-state index contributed by atoms with van der Waals surface area (Å²) in [6.45, 7) is 3.74. The summed E-state index contributed by atoms with van der Waals surface area (Å²) in [7, 11) is 3.10. The number of carbonyl (C=O) groups is 1. The number of ether oxygens (including phenoxy) is 2. The van der Waals surface area contributed by atoms with Crippen LogP contribution in [0.25, 0.3) is 5.69 Å². The molecule has 0 aliphatic heterocycles. The van der Waals surface area contributed by atoms with Crippen LogP contribution in [0.15, 0.2) is 36.4 Å². The quantitative estimate of drug-likeness (QED) is 0.721. The van der Waals surface area contributed by atoms with Crippen LogP contribution in [0.2, 0.25) is 5.02 Å². The Morgan fingerprint density at radius 3 is 2.48 bits per heavy atom. The normalized spacial score (nSPS) is 10.6. The number of nitrogens with zero attached hydrogens (tertiary/aromatic N) is 3. The van der Waals surface area contributed by atoms with Gasteiger partial charge in [0, 0.05) is 5.02 Å². The molecule has 2 aromatic carbocycles. The minimum Gasteiger partial charge on any atom is -0.495 e. The number of halogens is 1. The van der Waals surface area contributed by atoms with E-state index < -0.39 is 5.91 Å². The summed E-state index contributed by atoms with van der Waals surface area (Å²) in [6, 6.07) is 10.7. The zero-order chi connectivity index (χ0) is 19.6. The van der Waals surface area contributed by atoms with Gasteiger partial charge in [0.1, 0.15) is 17.2 Å². The largest absolute Gasteiger partial charge is 0.495 e. The van der Waals surface area contributed by atoms with Crippen molar-refractivity contribution in [3.63, 3.8) is 0 Å². The minimum atomic E-state index is -0.411. The van der Waals surface area contributed by atoms with Crippen molar-refractivity contribution in [1.82, 2.24) is 15.0 Å². The number of aromatic nitrogens is 3. The summed E-state index contributed by atoms with van der Waals surface area (Å²) in [5, 5.41) is 11.4. The predicted molar refractivity (Wildman–Crippen MR) is 103 cm³/mol.